The molecule has 2 aliphatic heterocycles. The summed E-state index contributed by atoms with van der Waals surface area (Å²) in [5.74, 6) is 0.402. The van der Waals surface area contributed by atoms with Gasteiger partial charge in [-0.2, -0.15) is 5.10 Å². The summed E-state index contributed by atoms with van der Waals surface area (Å²) >= 11 is 0. The Bertz CT molecular complexity index is 1230. The van der Waals surface area contributed by atoms with Gasteiger partial charge in [-0.15, -0.1) is 0 Å². The molecule has 0 bridgehead atoms. The molecule has 5 rings (SSSR count). The third-order valence-electron chi connectivity index (χ3n) is 7.55. The molecule has 2 aromatic rings. The van der Waals surface area contributed by atoms with Crippen LogP contribution in [0.25, 0.3) is 0 Å². The van der Waals surface area contributed by atoms with E-state index in [1.165, 1.54) is 30.3 Å². The lowest BCUT2D eigenvalue weighted by Gasteiger charge is -2.42. The van der Waals surface area contributed by atoms with Gasteiger partial charge in [-0.3, -0.25) is 13.8 Å². The lowest BCUT2D eigenvalue weighted by molar-refractivity contribution is -0.113. The summed E-state index contributed by atoms with van der Waals surface area (Å²) < 4.78 is 19.3. The van der Waals surface area contributed by atoms with Crippen LogP contribution in [0.3, 0.4) is 0 Å². The van der Waals surface area contributed by atoms with Gasteiger partial charge in [0, 0.05) is 48.8 Å². The maximum Gasteiger partial charge on any atom is 0.257 e. The summed E-state index contributed by atoms with van der Waals surface area (Å²) in [6.07, 6.45) is 6.82. The van der Waals surface area contributed by atoms with E-state index in [1.54, 1.807) is 4.68 Å². The number of rotatable bonds is 11. The third kappa shape index (κ3) is 5.96. The molecule has 1 aliphatic carbocycles. The molecule has 2 unspecified atom stereocenters. The highest BCUT2D eigenvalue weighted by Crippen LogP contribution is 2.36. The Morgan fingerprint density at radius 2 is 2.05 bits per heavy atom. The number of carbonyl (C=O) groups excluding carboxylic acids is 2. The quantitative estimate of drug-likeness (QED) is 0.453. The molecule has 2 atom stereocenters. The molecule has 0 spiro atoms. The van der Waals surface area contributed by atoms with Crippen LogP contribution in [0.2, 0.25) is 0 Å². The van der Waals surface area contributed by atoms with Crippen LogP contribution in [0.15, 0.2) is 18.2 Å². The second-order valence-corrected chi connectivity index (χ2v) is 12.5. The molecule has 3 aliphatic rings. The van der Waals surface area contributed by atoms with E-state index in [9.17, 15) is 13.8 Å². The lowest BCUT2D eigenvalue weighted by Crippen LogP contribution is -2.53. The normalized spacial score (nSPS) is 20.2. The van der Waals surface area contributed by atoms with Crippen molar-refractivity contribution in [2.75, 3.05) is 35.3 Å². The summed E-state index contributed by atoms with van der Waals surface area (Å²) in [5, 5.41) is 10.8. The van der Waals surface area contributed by atoms with E-state index in [-0.39, 0.29) is 35.8 Å². The van der Waals surface area contributed by atoms with E-state index in [1.807, 2.05) is 0 Å². The van der Waals surface area contributed by atoms with Gasteiger partial charge in [0.1, 0.15) is 17.1 Å². The van der Waals surface area contributed by atoms with Gasteiger partial charge in [-0.05, 0) is 55.9 Å². The molecular weight excluding hydrogens is 502 g/mol. The molecule has 1 aromatic heterocycles. The zero-order valence-corrected chi connectivity index (χ0v) is 23.6. The number of benzene rings is 1. The van der Waals surface area contributed by atoms with Crippen LogP contribution in [0.5, 0.6) is 0 Å². The molecule has 1 saturated heterocycles. The second-order valence-electron chi connectivity index (χ2n) is 11.1. The van der Waals surface area contributed by atoms with Gasteiger partial charge in [-0.25, -0.2) is 4.68 Å². The van der Waals surface area contributed by atoms with E-state index in [2.05, 4.69) is 54.5 Å². The van der Waals surface area contributed by atoms with Crippen LogP contribution in [0.4, 0.5) is 11.5 Å². The fraction of sp³-hybridized carbons (Fsp3) is 0.607. The fourth-order valence-electron chi connectivity index (χ4n) is 5.46. The Labute approximate surface area is 227 Å². The van der Waals surface area contributed by atoms with Gasteiger partial charge in [0.05, 0.1) is 23.9 Å². The molecule has 206 valence electrons. The average Bonchev–Trinajstić information content (AvgIpc) is 3.60. The number of carbonyl (C=O) groups is 2. The molecule has 10 heteroatoms. The standard InChI is InChI=1S/C28H39N5O4S/c1-5-19-12-20(32-14-21(15-32)37-17(2)3)8-9-22(19)23-13-24-26(28(35)29-23)27(30-25(34)16-38(4)36)33(31-24)11-10-18-6-7-18/h8-9,12,17-18,21,23H,5-7,10-11,13-16H2,1-4H3,(H,29,35)(H,30,34). The minimum Gasteiger partial charge on any atom is -0.372 e. The maximum absolute atomic E-state index is 13.4. The van der Waals surface area contributed by atoms with Crippen LogP contribution >= 0.6 is 0 Å². The number of aromatic nitrogens is 2. The predicted molar refractivity (Wildman–Crippen MR) is 149 cm³/mol. The first kappa shape index (κ1) is 26.9. The van der Waals surface area contributed by atoms with Gasteiger partial charge in [0.15, 0.2) is 0 Å². The van der Waals surface area contributed by atoms with E-state index < -0.39 is 10.8 Å². The zero-order chi connectivity index (χ0) is 27.0. The number of amides is 2. The van der Waals surface area contributed by atoms with E-state index in [4.69, 9.17) is 9.84 Å². The van der Waals surface area contributed by atoms with Crippen molar-refractivity contribution in [2.45, 2.75) is 77.7 Å². The van der Waals surface area contributed by atoms with Crippen LogP contribution in [0.1, 0.15) is 73.3 Å². The monoisotopic (exact) mass is 541 g/mol. The Balaban J connectivity index is 1.36. The maximum atomic E-state index is 13.4. The summed E-state index contributed by atoms with van der Waals surface area (Å²) in [4.78, 5) is 28.2. The molecule has 2 fully saturated rings. The van der Waals surface area contributed by atoms with Crippen LogP contribution in [-0.4, -0.2) is 63.1 Å². The van der Waals surface area contributed by atoms with Crippen molar-refractivity contribution in [1.82, 2.24) is 15.1 Å². The highest BCUT2D eigenvalue weighted by molar-refractivity contribution is 7.85. The summed E-state index contributed by atoms with van der Waals surface area (Å²) in [7, 11) is -1.27. The number of nitrogens with zero attached hydrogens (tertiary/aromatic N) is 3. The minimum absolute atomic E-state index is 0.111. The summed E-state index contributed by atoms with van der Waals surface area (Å²) in [6.45, 7) is 8.70. The number of anilines is 2. The summed E-state index contributed by atoms with van der Waals surface area (Å²) in [5.41, 5.74) is 4.62. The Morgan fingerprint density at radius 1 is 1.29 bits per heavy atom. The molecular formula is C28H39N5O4S. The van der Waals surface area contributed by atoms with Gasteiger partial charge >= 0.3 is 0 Å². The molecule has 2 amide bonds. The number of nitrogens with one attached hydrogen (secondary N) is 2. The predicted octanol–water partition coefficient (Wildman–Crippen LogP) is 3.20. The van der Waals surface area contributed by atoms with Crippen molar-refractivity contribution in [3.8, 4) is 0 Å². The Morgan fingerprint density at radius 3 is 2.71 bits per heavy atom. The number of hydrogen-bond acceptors (Lipinski definition) is 6. The lowest BCUT2D eigenvalue weighted by atomic mass is 9.90. The SMILES string of the molecule is CCc1cc(N2CC(OC(C)C)C2)ccc1C1Cc2nn(CCC3CC3)c(NC(=O)CS(C)=O)c2C(=O)N1. The van der Waals surface area contributed by atoms with Gasteiger partial charge in [-0.1, -0.05) is 25.8 Å². The topological polar surface area (TPSA) is 106 Å². The number of hydrogen-bond donors (Lipinski definition) is 2. The molecule has 3 heterocycles. The molecule has 2 N–H and O–H groups in total. The van der Waals surface area contributed by atoms with E-state index in [0.717, 1.165) is 31.5 Å². The number of fused-ring (bicyclic) bond motifs is 1. The molecule has 1 aromatic carbocycles. The van der Waals surface area contributed by atoms with Gasteiger partial charge < -0.3 is 20.3 Å². The van der Waals surface area contributed by atoms with Crippen molar-refractivity contribution in [1.29, 1.82) is 0 Å². The first-order valence-electron chi connectivity index (χ1n) is 13.8. The number of aryl methyl sites for hydroxylation is 2. The average molecular weight is 542 g/mol. The second kappa shape index (κ2) is 11.2. The Hall–Kier alpha value is -2.72. The van der Waals surface area contributed by atoms with Crippen molar-refractivity contribution in [3.05, 3.63) is 40.6 Å². The van der Waals surface area contributed by atoms with Crippen molar-refractivity contribution >= 4 is 34.1 Å². The first-order valence-corrected chi connectivity index (χ1v) is 15.5. The molecule has 1 saturated carbocycles. The van der Waals surface area contributed by atoms with E-state index >= 15 is 0 Å². The largest absolute Gasteiger partial charge is 0.372 e. The number of ether oxygens (including phenoxy) is 1. The highest BCUT2D eigenvalue weighted by Gasteiger charge is 2.35. The van der Waals surface area contributed by atoms with Crippen molar-refractivity contribution < 1.29 is 18.5 Å². The highest BCUT2D eigenvalue weighted by atomic mass is 32.2. The van der Waals surface area contributed by atoms with Crippen LogP contribution < -0.4 is 15.5 Å². The van der Waals surface area contributed by atoms with E-state index in [0.29, 0.717) is 36.0 Å². The van der Waals surface area contributed by atoms with Crippen LogP contribution in [0, 0.1) is 5.92 Å². The van der Waals surface area contributed by atoms with Gasteiger partial charge in [0.2, 0.25) is 5.91 Å². The van der Waals surface area contributed by atoms with Crippen molar-refractivity contribution in [2.24, 2.45) is 5.92 Å². The first-order chi connectivity index (χ1) is 18.2. The molecule has 9 nitrogen and oxygen atoms in total. The zero-order valence-electron chi connectivity index (χ0n) is 22.8. The molecule has 0 radical (unpaired) electrons. The summed E-state index contributed by atoms with van der Waals surface area (Å²) in [6, 6.07) is 6.30. The minimum atomic E-state index is -1.27. The third-order valence-corrected chi connectivity index (χ3v) is 8.22. The molecule has 38 heavy (non-hydrogen) atoms. The fourth-order valence-corrected chi connectivity index (χ4v) is 5.90. The van der Waals surface area contributed by atoms with Gasteiger partial charge in [0.25, 0.3) is 5.91 Å². The Kier molecular flexibility index (Phi) is 7.90. The van der Waals surface area contributed by atoms with Crippen LogP contribution in [-0.2, 0) is 39.7 Å². The smallest absolute Gasteiger partial charge is 0.257 e. The van der Waals surface area contributed by atoms with Crippen molar-refractivity contribution in [3.63, 3.8) is 0 Å².